The summed E-state index contributed by atoms with van der Waals surface area (Å²) in [6.07, 6.45) is 0. The molecular weight excluding hydrogens is 657 g/mol. The van der Waals surface area contributed by atoms with E-state index in [4.69, 9.17) is 8.83 Å². The lowest BCUT2D eigenvalue weighted by Crippen LogP contribution is -1.91. The SMILES string of the molecule is c1cc(-c2ccc3oc4ccc5oc6c7ccccc7ccc6c5c4c3c2)cc(-c2c3ccccc3c(-c3ccc4ccccc4c3)c3ccccc23)c1. The summed E-state index contributed by atoms with van der Waals surface area (Å²) in [6.45, 7) is 0. The third kappa shape index (κ3) is 4.22. The van der Waals surface area contributed by atoms with Crippen molar-refractivity contribution in [3.63, 3.8) is 0 Å². The van der Waals surface area contributed by atoms with Gasteiger partial charge in [0, 0.05) is 26.9 Å². The van der Waals surface area contributed by atoms with E-state index in [2.05, 4.69) is 170 Å². The van der Waals surface area contributed by atoms with Crippen molar-refractivity contribution in [1.29, 1.82) is 0 Å². The fourth-order valence-electron chi connectivity index (χ4n) is 8.99. The number of fused-ring (bicyclic) bond motifs is 12. The zero-order chi connectivity index (χ0) is 35.3. The predicted molar refractivity (Wildman–Crippen MR) is 227 cm³/mol. The van der Waals surface area contributed by atoms with E-state index in [1.807, 2.05) is 12.1 Å². The van der Waals surface area contributed by atoms with Gasteiger partial charge in [0.25, 0.3) is 0 Å². The average molecular weight is 687 g/mol. The van der Waals surface area contributed by atoms with Gasteiger partial charge in [0.05, 0.1) is 0 Å². The topological polar surface area (TPSA) is 26.3 Å². The summed E-state index contributed by atoms with van der Waals surface area (Å²) in [5.41, 5.74) is 10.8. The summed E-state index contributed by atoms with van der Waals surface area (Å²) in [5, 5.41) is 14.2. The van der Waals surface area contributed by atoms with Gasteiger partial charge < -0.3 is 8.83 Å². The molecular formula is C52H30O2. The minimum absolute atomic E-state index is 0.865. The molecule has 0 aliphatic rings. The van der Waals surface area contributed by atoms with Crippen molar-refractivity contribution in [2.45, 2.75) is 0 Å². The molecule has 10 aromatic carbocycles. The van der Waals surface area contributed by atoms with Crippen LogP contribution in [0.1, 0.15) is 0 Å². The molecule has 0 aliphatic carbocycles. The zero-order valence-corrected chi connectivity index (χ0v) is 29.1. The quantitative estimate of drug-likeness (QED) is 0.173. The maximum Gasteiger partial charge on any atom is 0.143 e. The van der Waals surface area contributed by atoms with Gasteiger partial charge in [-0.3, -0.25) is 0 Å². The van der Waals surface area contributed by atoms with E-state index in [0.29, 0.717) is 0 Å². The minimum atomic E-state index is 0.865. The number of hydrogen-bond donors (Lipinski definition) is 0. The molecule has 0 amide bonds. The highest BCUT2D eigenvalue weighted by Gasteiger charge is 2.20. The molecule has 2 nitrogen and oxygen atoms in total. The van der Waals surface area contributed by atoms with Crippen LogP contribution in [0, 0.1) is 0 Å². The lowest BCUT2D eigenvalue weighted by Gasteiger charge is -2.18. The average Bonchev–Trinajstić information content (AvgIpc) is 3.81. The summed E-state index contributed by atoms with van der Waals surface area (Å²) in [5.74, 6) is 0. The Morgan fingerprint density at radius 1 is 0.259 bits per heavy atom. The Labute approximate surface area is 310 Å². The standard InChI is InChI=1S/C52H30O2/c1-2-12-33-28-37(21-20-31(33)10-1)49-41-18-7-5-16-39(41)48(40-17-6-8-19-42(40)49)36-14-9-13-34(29-36)35-23-25-45-44(30-35)51-46(53-45)26-27-47-50(51)43-24-22-32-11-3-4-15-38(32)52(43)54-47/h1-30H. The molecule has 2 heterocycles. The Morgan fingerprint density at radius 2 is 0.778 bits per heavy atom. The Hall–Kier alpha value is -7.16. The van der Waals surface area contributed by atoms with Crippen LogP contribution in [0.5, 0.6) is 0 Å². The molecule has 0 fully saturated rings. The van der Waals surface area contributed by atoms with Crippen molar-refractivity contribution in [3.8, 4) is 33.4 Å². The number of benzene rings is 10. The van der Waals surface area contributed by atoms with Crippen molar-refractivity contribution in [2.24, 2.45) is 0 Å². The van der Waals surface area contributed by atoms with E-state index in [1.54, 1.807) is 0 Å². The molecule has 0 saturated carbocycles. The second kappa shape index (κ2) is 11.2. The lowest BCUT2D eigenvalue weighted by atomic mass is 9.85. The molecule has 0 saturated heterocycles. The second-order valence-electron chi connectivity index (χ2n) is 14.4. The summed E-state index contributed by atoms with van der Waals surface area (Å²) in [7, 11) is 0. The second-order valence-corrected chi connectivity index (χ2v) is 14.4. The van der Waals surface area contributed by atoms with E-state index in [-0.39, 0.29) is 0 Å². The zero-order valence-electron chi connectivity index (χ0n) is 29.1. The first-order valence-electron chi connectivity index (χ1n) is 18.5. The van der Waals surface area contributed by atoms with E-state index >= 15 is 0 Å². The van der Waals surface area contributed by atoms with Crippen molar-refractivity contribution < 1.29 is 8.83 Å². The third-order valence-electron chi connectivity index (χ3n) is 11.4. The Kier molecular flexibility index (Phi) is 6.09. The van der Waals surface area contributed by atoms with Gasteiger partial charge in [0.15, 0.2) is 0 Å². The molecule has 12 aromatic rings. The van der Waals surface area contributed by atoms with Gasteiger partial charge in [-0.2, -0.15) is 0 Å². The van der Waals surface area contributed by atoms with Crippen LogP contribution in [-0.4, -0.2) is 0 Å². The van der Waals surface area contributed by atoms with Crippen LogP contribution < -0.4 is 0 Å². The monoisotopic (exact) mass is 686 g/mol. The first-order chi connectivity index (χ1) is 26.8. The fraction of sp³-hybridized carbons (Fsp3) is 0. The van der Waals surface area contributed by atoms with Crippen LogP contribution in [-0.2, 0) is 0 Å². The predicted octanol–water partition coefficient (Wildman–Crippen LogP) is 15.1. The van der Waals surface area contributed by atoms with Crippen molar-refractivity contribution in [1.82, 2.24) is 0 Å². The van der Waals surface area contributed by atoms with E-state index < -0.39 is 0 Å². The van der Waals surface area contributed by atoms with Gasteiger partial charge in [0.1, 0.15) is 22.3 Å². The molecule has 0 aliphatic heterocycles. The van der Waals surface area contributed by atoms with Crippen LogP contribution in [0.4, 0.5) is 0 Å². The van der Waals surface area contributed by atoms with Crippen molar-refractivity contribution in [3.05, 3.63) is 182 Å². The van der Waals surface area contributed by atoms with E-state index in [9.17, 15) is 0 Å². The van der Waals surface area contributed by atoms with Gasteiger partial charge in [-0.15, -0.1) is 0 Å². The molecule has 2 aromatic heterocycles. The molecule has 0 unspecified atom stereocenters. The summed E-state index contributed by atoms with van der Waals surface area (Å²) < 4.78 is 13.0. The first-order valence-corrected chi connectivity index (χ1v) is 18.5. The van der Waals surface area contributed by atoms with Gasteiger partial charge in [-0.25, -0.2) is 0 Å². The Morgan fingerprint density at radius 3 is 1.52 bits per heavy atom. The smallest absolute Gasteiger partial charge is 0.143 e. The van der Waals surface area contributed by atoms with Crippen molar-refractivity contribution >= 4 is 87.0 Å². The summed E-state index contributed by atoms with van der Waals surface area (Å²) in [4.78, 5) is 0. The van der Waals surface area contributed by atoms with Crippen LogP contribution in [0.2, 0.25) is 0 Å². The van der Waals surface area contributed by atoms with Crippen LogP contribution in [0.25, 0.3) is 120 Å². The Balaban J connectivity index is 1.06. The van der Waals surface area contributed by atoms with Crippen LogP contribution in [0.3, 0.4) is 0 Å². The largest absolute Gasteiger partial charge is 0.456 e. The maximum absolute atomic E-state index is 6.56. The fourth-order valence-corrected chi connectivity index (χ4v) is 8.99. The molecule has 0 atom stereocenters. The van der Waals surface area contributed by atoms with Crippen molar-refractivity contribution in [2.75, 3.05) is 0 Å². The molecule has 2 heteroatoms. The number of furan rings is 2. The minimum Gasteiger partial charge on any atom is -0.456 e. The highest BCUT2D eigenvalue weighted by atomic mass is 16.3. The maximum atomic E-state index is 6.56. The highest BCUT2D eigenvalue weighted by Crippen LogP contribution is 2.46. The van der Waals surface area contributed by atoms with E-state index in [0.717, 1.165) is 60.4 Å². The molecule has 12 rings (SSSR count). The van der Waals surface area contributed by atoms with Gasteiger partial charge in [0.2, 0.25) is 0 Å². The van der Waals surface area contributed by atoms with Crippen LogP contribution >= 0.6 is 0 Å². The van der Waals surface area contributed by atoms with Crippen LogP contribution in [0.15, 0.2) is 191 Å². The summed E-state index contributed by atoms with van der Waals surface area (Å²) in [6, 6.07) is 65.7. The molecule has 0 bridgehead atoms. The normalized spacial score (nSPS) is 12.1. The molecule has 0 radical (unpaired) electrons. The molecule has 54 heavy (non-hydrogen) atoms. The van der Waals surface area contributed by atoms with Gasteiger partial charge in [-0.05, 0) is 114 Å². The Bertz CT molecular complexity index is 3450. The molecule has 0 spiro atoms. The summed E-state index contributed by atoms with van der Waals surface area (Å²) >= 11 is 0. The third-order valence-corrected chi connectivity index (χ3v) is 11.4. The van der Waals surface area contributed by atoms with Gasteiger partial charge >= 0.3 is 0 Å². The molecule has 0 N–H and O–H groups in total. The molecule has 250 valence electrons. The first kappa shape index (κ1) is 29.4. The highest BCUT2D eigenvalue weighted by molar-refractivity contribution is 6.28. The lowest BCUT2D eigenvalue weighted by molar-refractivity contribution is 0.664. The number of hydrogen-bond acceptors (Lipinski definition) is 2. The van der Waals surface area contributed by atoms with Gasteiger partial charge in [-0.1, -0.05) is 140 Å². The van der Waals surface area contributed by atoms with E-state index in [1.165, 1.54) is 60.0 Å². The number of rotatable bonds is 3.